The summed E-state index contributed by atoms with van der Waals surface area (Å²) in [5.41, 5.74) is 2.30. The third kappa shape index (κ3) is 4.75. The van der Waals surface area contributed by atoms with E-state index >= 15 is 0 Å². The molecule has 3 amide bonds. The van der Waals surface area contributed by atoms with Gasteiger partial charge in [0.25, 0.3) is 0 Å². The smallest absolute Gasteiger partial charge is 0.323 e. The van der Waals surface area contributed by atoms with Crippen molar-refractivity contribution in [3.05, 3.63) is 54.1 Å². The van der Waals surface area contributed by atoms with Crippen molar-refractivity contribution in [1.29, 1.82) is 0 Å². The Hall–Kier alpha value is -3.02. The number of likely N-dealkylation sites (tertiary alicyclic amines) is 1. The van der Waals surface area contributed by atoms with E-state index in [4.69, 9.17) is 4.74 Å². The van der Waals surface area contributed by atoms with E-state index in [1.54, 1.807) is 43.5 Å². The standard InChI is InChI=1S/C20H23N3O3/c1-26-18-10-8-17(9-11-18)22-20(25)21-16-6-4-15(5-7-16)14-19(24)23-12-2-3-13-23/h4-11H,2-3,12-14H2,1H3,(H2,21,22,25). The molecule has 1 heterocycles. The molecule has 2 aromatic rings. The van der Waals surface area contributed by atoms with Crippen LogP contribution in [-0.2, 0) is 11.2 Å². The Bertz CT molecular complexity index is 751. The van der Waals surface area contributed by atoms with Crippen molar-refractivity contribution in [3.63, 3.8) is 0 Å². The molecule has 6 heteroatoms. The number of carbonyl (C=O) groups is 2. The van der Waals surface area contributed by atoms with Gasteiger partial charge in [-0.15, -0.1) is 0 Å². The van der Waals surface area contributed by atoms with Gasteiger partial charge in [-0.05, 0) is 54.8 Å². The normalized spacial score (nSPS) is 13.3. The van der Waals surface area contributed by atoms with E-state index in [1.807, 2.05) is 17.0 Å². The van der Waals surface area contributed by atoms with Crippen LogP contribution >= 0.6 is 0 Å². The minimum atomic E-state index is -0.323. The van der Waals surface area contributed by atoms with Gasteiger partial charge in [0.1, 0.15) is 5.75 Å². The number of benzene rings is 2. The molecule has 1 saturated heterocycles. The molecule has 3 rings (SSSR count). The average Bonchev–Trinajstić information content (AvgIpc) is 3.19. The lowest BCUT2D eigenvalue weighted by atomic mass is 10.1. The zero-order valence-corrected chi connectivity index (χ0v) is 14.8. The molecule has 0 bridgehead atoms. The summed E-state index contributed by atoms with van der Waals surface area (Å²) in [5, 5.41) is 5.54. The van der Waals surface area contributed by atoms with Crippen LogP contribution in [-0.4, -0.2) is 37.0 Å². The summed E-state index contributed by atoms with van der Waals surface area (Å²) in [5.74, 6) is 0.899. The molecular weight excluding hydrogens is 330 g/mol. The first-order chi connectivity index (χ1) is 12.6. The molecule has 0 unspecified atom stereocenters. The summed E-state index contributed by atoms with van der Waals surface area (Å²) in [6, 6.07) is 14.1. The summed E-state index contributed by atoms with van der Waals surface area (Å²) in [6.07, 6.45) is 2.59. The molecule has 0 atom stereocenters. The number of amides is 3. The zero-order valence-electron chi connectivity index (χ0n) is 14.8. The summed E-state index contributed by atoms with van der Waals surface area (Å²) >= 11 is 0. The van der Waals surface area contributed by atoms with Gasteiger partial charge in [-0.1, -0.05) is 12.1 Å². The average molecular weight is 353 g/mol. The maximum absolute atomic E-state index is 12.2. The van der Waals surface area contributed by atoms with Gasteiger partial charge in [0.2, 0.25) is 5.91 Å². The van der Waals surface area contributed by atoms with Crippen molar-refractivity contribution in [1.82, 2.24) is 4.90 Å². The highest BCUT2D eigenvalue weighted by Crippen LogP contribution is 2.16. The lowest BCUT2D eigenvalue weighted by Gasteiger charge is -2.15. The highest BCUT2D eigenvalue weighted by molar-refractivity contribution is 5.99. The Kier molecular flexibility index (Phi) is 5.73. The zero-order chi connectivity index (χ0) is 18.4. The maximum atomic E-state index is 12.2. The van der Waals surface area contributed by atoms with Gasteiger partial charge in [-0.2, -0.15) is 0 Å². The predicted octanol–water partition coefficient (Wildman–Crippen LogP) is 3.50. The lowest BCUT2D eigenvalue weighted by Crippen LogP contribution is -2.29. The van der Waals surface area contributed by atoms with Crippen LogP contribution in [0, 0.1) is 0 Å². The first-order valence-electron chi connectivity index (χ1n) is 8.73. The van der Waals surface area contributed by atoms with Crippen molar-refractivity contribution >= 4 is 23.3 Å². The molecule has 26 heavy (non-hydrogen) atoms. The van der Waals surface area contributed by atoms with E-state index in [-0.39, 0.29) is 11.9 Å². The van der Waals surface area contributed by atoms with Gasteiger partial charge in [0.05, 0.1) is 13.5 Å². The van der Waals surface area contributed by atoms with Crippen LogP contribution in [0.4, 0.5) is 16.2 Å². The van der Waals surface area contributed by atoms with E-state index in [9.17, 15) is 9.59 Å². The first-order valence-corrected chi connectivity index (χ1v) is 8.73. The highest BCUT2D eigenvalue weighted by atomic mass is 16.5. The molecule has 0 aliphatic carbocycles. The van der Waals surface area contributed by atoms with Crippen LogP contribution in [0.25, 0.3) is 0 Å². The number of carbonyl (C=O) groups excluding carboxylic acids is 2. The number of nitrogens with one attached hydrogen (secondary N) is 2. The molecule has 136 valence electrons. The molecule has 2 aromatic carbocycles. The van der Waals surface area contributed by atoms with Crippen LogP contribution in [0.2, 0.25) is 0 Å². The van der Waals surface area contributed by atoms with Gasteiger partial charge in [0.15, 0.2) is 0 Å². The Morgan fingerprint density at radius 2 is 1.46 bits per heavy atom. The fourth-order valence-corrected chi connectivity index (χ4v) is 2.93. The van der Waals surface area contributed by atoms with E-state index in [0.29, 0.717) is 17.8 Å². The molecule has 1 aliphatic rings. The number of rotatable bonds is 5. The number of ether oxygens (including phenoxy) is 1. The van der Waals surface area contributed by atoms with Gasteiger partial charge in [-0.3, -0.25) is 4.79 Å². The molecule has 0 spiro atoms. The van der Waals surface area contributed by atoms with E-state index in [1.165, 1.54) is 0 Å². The highest BCUT2D eigenvalue weighted by Gasteiger charge is 2.17. The van der Waals surface area contributed by atoms with Crippen LogP contribution < -0.4 is 15.4 Å². The summed E-state index contributed by atoms with van der Waals surface area (Å²) in [4.78, 5) is 26.1. The second-order valence-electron chi connectivity index (χ2n) is 6.27. The molecule has 0 saturated carbocycles. The summed E-state index contributed by atoms with van der Waals surface area (Å²) in [6.45, 7) is 1.73. The molecule has 0 aromatic heterocycles. The maximum Gasteiger partial charge on any atom is 0.323 e. The fourth-order valence-electron chi connectivity index (χ4n) is 2.93. The number of urea groups is 1. The fraction of sp³-hybridized carbons (Fsp3) is 0.300. The number of anilines is 2. The second kappa shape index (κ2) is 8.38. The molecule has 6 nitrogen and oxygen atoms in total. The third-order valence-corrected chi connectivity index (χ3v) is 4.37. The Balaban J connectivity index is 1.51. The van der Waals surface area contributed by atoms with E-state index in [0.717, 1.165) is 37.2 Å². The third-order valence-electron chi connectivity index (χ3n) is 4.37. The lowest BCUT2D eigenvalue weighted by molar-refractivity contribution is -0.129. The summed E-state index contributed by atoms with van der Waals surface area (Å²) < 4.78 is 5.09. The van der Waals surface area contributed by atoms with Crippen molar-refractivity contribution in [2.75, 3.05) is 30.8 Å². The monoisotopic (exact) mass is 353 g/mol. The summed E-state index contributed by atoms with van der Waals surface area (Å²) in [7, 11) is 1.59. The number of methoxy groups -OCH3 is 1. The quantitative estimate of drug-likeness (QED) is 0.864. The van der Waals surface area contributed by atoms with Gasteiger partial charge in [0, 0.05) is 24.5 Å². The van der Waals surface area contributed by atoms with Crippen LogP contribution in [0.5, 0.6) is 5.75 Å². The van der Waals surface area contributed by atoms with Crippen molar-refractivity contribution < 1.29 is 14.3 Å². The van der Waals surface area contributed by atoms with Crippen LogP contribution in [0.1, 0.15) is 18.4 Å². The second-order valence-corrected chi connectivity index (χ2v) is 6.27. The van der Waals surface area contributed by atoms with Crippen LogP contribution in [0.3, 0.4) is 0 Å². The van der Waals surface area contributed by atoms with Gasteiger partial charge < -0.3 is 20.3 Å². The predicted molar refractivity (Wildman–Crippen MR) is 102 cm³/mol. The first kappa shape index (κ1) is 17.8. The molecule has 1 aliphatic heterocycles. The van der Waals surface area contributed by atoms with E-state index < -0.39 is 0 Å². The van der Waals surface area contributed by atoms with Gasteiger partial charge >= 0.3 is 6.03 Å². The minimum absolute atomic E-state index is 0.167. The number of hydrogen-bond acceptors (Lipinski definition) is 3. The molecular formula is C20H23N3O3. The Morgan fingerprint density at radius 1 is 0.923 bits per heavy atom. The molecule has 0 radical (unpaired) electrons. The number of nitrogens with zero attached hydrogens (tertiary/aromatic N) is 1. The van der Waals surface area contributed by atoms with Crippen LogP contribution in [0.15, 0.2) is 48.5 Å². The van der Waals surface area contributed by atoms with Gasteiger partial charge in [-0.25, -0.2) is 4.79 Å². The van der Waals surface area contributed by atoms with Crippen molar-refractivity contribution in [2.45, 2.75) is 19.3 Å². The number of hydrogen-bond donors (Lipinski definition) is 2. The van der Waals surface area contributed by atoms with Crippen molar-refractivity contribution in [2.24, 2.45) is 0 Å². The molecule has 2 N–H and O–H groups in total. The minimum Gasteiger partial charge on any atom is -0.497 e. The SMILES string of the molecule is COc1ccc(NC(=O)Nc2ccc(CC(=O)N3CCCC3)cc2)cc1. The Morgan fingerprint density at radius 3 is 2.00 bits per heavy atom. The largest absolute Gasteiger partial charge is 0.497 e. The van der Waals surface area contributed by atoms with Crippen molar-refractivity contribution in [3.8, 4) is 5.75 Å². The molecule has 1 fully saturated rings. The van der Waals surface area contributed by atoms with E-state index in [2.05, 4.69) is 10.6 Å². The topological polar surface area (TPSA) is 70.7 Å². The Labute approximate surface area is 153 Å².